The Labute approximate surface area is 126 Å². The topological polar surface area (TPSA) is 46.5 Å². The molecule has 2 aromatic carbocycles. The normalized spacial score (nSPS) is 10.2. The Bertz CT molecular complexity index is 582. The number of carbonyl (C=O) groups is 1. The maximum Gasteiger partial charge on any atom is 0.339 e. The minimum Gasteiger partial charge on any atom is -0.491 e. The van der Waals surface area contributed by atoms with E-state index in [0.29, 0.717) is 16.8 Å². The van der Waals surface area contributed by atoms with E-state index in [1.807, 2.05) is 18.2 Å². The number of rotatable bonds is 6. The number of ether oxygens (including phenoxy) is 1. The van der Waals surface area contributed by atoms with E-state index in [4.69, 9.17) is 9.84 Å². The van der Waals surface area contributed by atoms with Crippen LogP contribution in [0.2, 0.25) is 0 Å². The zero-order chi connectivity index (χ0) is 14.4. The van der Waals surface area contributed by atoms with Crippen molar-refractivity contribution in [3.05, 3.63) is 64.1 Å². The molecule has 4 heteroatoms. The van der Waals surface area contributed by atoms with Gasteiger partial charge >= 0.3 is 5.97 Å². The summed E-state index contributed by atoms with van der Waals surface area (Å²) >= 11 is 3.32. The van der Waals surface area contributed by atoms with Crippen LogP contribution in [-0.2, 0) is 6.42 Å². The van der Waals surface area contributed by atoms with Crippen LogP contribution in [0.25, 0.3) is 0 Å². The molecule has 0 bridgehead atoms. The Hall–Kier alpha value is -1.81. The molecule has 0 amide bonds. The van der Waals surface area contributed by atoms with Crippen LogP contribution in [0, 0.1) is 0 Å². The molecule has 0 aliphatic heterocycles. The fraction of sp³-hybridized carbons (Fsp3) is 0.188. The fourth-order valence-electron chi connectivity index (χ4n) is 1.92. The van der Waals surface area contributed by atoms with Gasteiger partial charge in [-0.15, -0.1) is 0 Å². The van der Waals surface area contributed by atoms with Crippen molar-refractivity contribution in [3.8, 4) is 5.75 Å². The van der Waals surface area contributed by atoms with Gasteiger partial charge in [-0.2, -0.15) is 0 Å². The highest BCUT2D eigenvalue weighted by Gasteiger charge is 2.13. The number of para-hydroxylation sites is 1. The third-order valence-corrected chi connectivity index (χ3v) is 3.52. The molecular formula is C16H15BrO3. The SMILES string of the molecule is O=C(O)c1cccc(Br)c1OCCCc1ccccc1. The molecule has 0 saturated heterocycles. The summed E-state index contributed by atoms with van der Waals surface area (Å²) in [6, 6.07) is 15.1. The van der Waals surface area contributed by atoms with Crippen LogP contribution in [0.4, 0.5) is 0 Å². The summed E-state index contributed by atoms with van der Waals surface area (Å²) in [5, 5.41) is 9.12. The molecule has 3 nitrogen and oxygen atoms in total. The molecule has 0 saturated carbocycles. The molecule has 0 fully saturated rings. The number of carboxylic acids is 1. The Balaban J connectivity index is 1.93. The van der Waals surface area contributed by atoms with E-state index in [0.717, 1.165) is 12.8 Å². The molecule has 2 rings (SSSR count). The Kier molecular flexibility index (Phi) is 5.18. The lowest BCUT2D eigenvalue weighted by Gasteiger charge is -2.11. The van der Waals surface area contributed by atoms with Crippen LogP contribution >= 0.6 is 15.9 Å². The molecule has 0 aliphatic rings. The van der Waals surface area contributed by atoms with Crippen LogP contribution < -0.4 is 4.74 Å². The van der Waals surface area contributed by atoms with Crippen molar-refractivity contribution in [3.63, 3.8) is 0 Å². The van der Waals surface area contributed by atoms with Crippen molar-refractivity contribution in [2.24, 2.45) is 0 Å². The van der Waals surface area contributed by atoms with Crippen molar-refractivity contribution in [2.45, 2.75) is 12.8 Å². The molecule has 0 spiro atoms. The van der Waals surface area contributed by atoms with E-state index in [2.05, 4.69) is 28.1 Å². The third kappa shape index (κ3) is 3.84. The smallest absolute Gasteiger partial charge is 0.339 e. The summed E-state index contributed by atoms with van der Waals surface area (Å²) < 4.78 is 6.29. The van der Waals surface area contributed by atoms with Gasteiger partial charge in [0, 0.05) is 0 Å². The summed E-state index contributed by atoms with van der Waals surface area (Å²) in [7, 11) is 0. The zero-order valence-corrected chi connectivity index (χ0v) is 12.5. The molecule has 104 valence electrons. The van der Waals surface area contributed by atoms with Gasteiger partial charge in [-0.05, 0) is 46.5 Å². The van der Waals surface area contributed by atoms with Gasteiger partial charge in [0.2, 0.25) is 0 Å². The molecule has 0 unspecified atom stereocenters. The maximum absolute atomic E-state index is 11.1. The predicted molar refractivity (Wildman–Crippen MR) is 81.4 cm³/mol. The average molecular weight is 335 g/mol. The molecule has 0 radical (unpaired) electrons. The van der Waals surface area contributed by atoms with Gasteiger partial charge < -0.3 is 9.84 Å². The summed E-state index contributed by atoms with van der Waals surface area (Å²) in [4.78, 5) is 11.1. The highest BCUT2D eigenvalue weighted by Crippen LogP contribution is 2.29. The molecule has 0 aromatic heterocycles. The highest BCUT2D eigenvalue weighted by atomic mass is 79.9. The summed E-state index contributed by atoms with van der Waals surface area (Å²) in [5.74, 6) is -0.586. The largest absolute Gasteiger partial charge is 0.491 e. The van der Waals surface area contributed by atoms with Gasteiger partial charge in [0.1, 0.15) is 11.3 Å². The molecular weight excluding hydrogens is 320 g/mol. The zero-order valence-electron chi connectivity index (χ0n) is 10.9. The number of hydrogen-bond donors (Lipinski definition) is 1. The van der Waals surface area contributed by atoms with E-state index >= 15 is 0 Å². The van der Waals surface area contributed by atoms with E-state index in [1.165, 1.54) is 5.56 Å². The van der Waals surface area contributed by atoms with Gasteiger partial charge in [0.25, 0.3) is 0 Å². The van der Waals surface area contributed by atoms with Gasteiger partial charge in [0.05, 0.1) is 11.1 Å². The molecule has 20 heavy (non-hydrogen) atoms. The van der Waals surface area contributed by atoms with Crippen molar-refractivity contribution < 1.29 is 14.6 Å². The Morgan fingerprint density at radius 3 is 2.55 bits per heavy atom. The maximum atomic E-state index is 11.1. The molecule has 0 atom stereocenters. The monoisotopic (exact) mass is 334 g/mol. The van der Waals surface area contributed by atoms with E-state index in [1.54, 1.807) is 18.2 Å². The molecule has 0 aliphatic carbocycles. The standard InChI is InChI=1S/C16H15BrO3/c17-14-10-4-9-13(16(18)19)15(14)20-11-5-8-12-6-2-1-3-7-12/h1-4,6-7,9-10H,5,8,11H2,(H,18,19). The minimum atomic E-state index is -0.982. The third-order valence-electron chi connectivity index (χ3n) is 2.90. The van der Waals surface area contributed by atoms with Crippen LogP contribution in [0.1, 0.15) is 22.3 Å². The number of hydrogen-bond acceptors (Lipinski definition) is 2. The first-order valence-electron chi connectivity index (χ1n) is 6.37. The first kappa shape index (κ1) is 14.6. The van der Waals surface area contributed by atoms with E-state index < -0.39 is 5.97 Å². The number of halogens is 1. The van der Waals surface area contributed by atoms with Crippen LogP contribution in [-0.4, -0.2) is 17.7 Å². The Morgan fingerprint density at radius 1 is 1.10 bits per heavy atom. The van der Waals surface area contributed by atoms with Crippen LogP contribution in [0.3, 0.4) is 0 Å². The molecule has 0 heterocycles. The lowest BCUT2D eigenvalue weighted by molar-refractivity contribution is 0.0692. The number of aromatic carboxylic acids is 1. The lowest BCUT2D eigenvalue weighted by Crippen LogP contribution is -2.06. The van der Waals surface area contributed by atoms with Gasteiger partial charge in [0.15, 0.2) is 0 Å². The van der Waals surface area contributed by atoms with Gasteiger partial charge in [-0.25, -0.2) is 4.79 Å². The minimum absolute atomic E-state index is 0.180. The number of benzene rings is 2. The molecule has 1 N–H and O–H groups in total. The summed E-state index contributed by atoms with van der Waals surface area (Å²) in [5.41, 5.74) is 1.43. The van der Waals surface area contributed by atoms with E-state index in [-0.39, 0.29) is 5.56 Å². The fourth-order valence-corrected chi connectivity index (χ4v) is 2.40. The van der Waals surface area contributed by atoms with E-state index in [9.17, 15) is 4.79 Å². The first-order valence-corrected chi connectivity index (χ1v) is 7.16. The number of carboxylic acid groups (broad SMARTS) is 1. The van der Waals surface area contributed by atoms with Gasteiger partial charge in [-0.3, -0.25) is 0 Å². The predicted octanol–water partition coefficient (Wildman–Crippen LogP) is 4.16. The van der Waals surface area contributed by atoms with Crippen molar-refractivity contribution >= 4 is 21.9 Å². The van der Waals surface area contributed by atoms with Crippen LogP contribution in [0.5, 0.6) is 5.75 Å². The second-order valence-electron chi connectivity index (χ2n) is 4.36. The first-order chi connectivity index (χ1) is 9.68. The van der Waals surface area contributed by atoms with Crippen LogP contribution in [0.15, 0.2) is 53.0 Å². The second-order valence-corrected chi connectivity index (χ2v) is 5.21. The quantitative estimate of drug-likeness (QED) is 0.807. The number of aryl methyl sites for hydroxylation is 1. The van der Waals surface area contributed by atoms with Gasteiger partial charge in [-0.1, -0.05) is 36.4 Å². The van der Waals surface area contributed by atoms with Crippen molar-refractivity contribution in [1.29, 1.82) is 0 Å². The summed E-state index contributed by atoms with van der Waals surface area (Å²) in [6.45, 7) is 0.484. The van der Waals surface area contributed by atoms with Crippen molar-refractivity contribution in [2.75, 3.05) is 6.61 Å². The Morgan fingerprint density at radius 2 is 1.85 bits per heavy atom. The lowest BCUT2D eigenvalue weighted by atomic mass is 10.1. The second kappa shape index (κ2) is 7.10. The summed E-state index contributed by atoms with van der Waals surface area (Å²) in [6.07, 6.45) is 1.75. The molecule has 2 aromatic rings. The average Bonchev–Trinajstić information content (AvgIpc) is 2.45. The van der Waals surface area contributed by atoms with Crippen molar-refractivity contribution in [1.82, 2.24) is 0 Å². The highest BCUT2D eigenvalue weighted by molar-refractivity contribution is 9.10.